The number of rotatable bonds is 4. The van der Waals surface area contributed by atoms with E-state index in [-0.39, 0.29) is 16.8 Å². The molecule has 1 aromatic rings. The number of benzene rings is 1. The number of carbonyl (C=O) groups excluding carboxylic acids is 1. The van der Waals surface area contributed by atoms with Crippen molar-refractivity contribution in [2.24, 2.45) is 0 Å². The first-order chi connectivity index (χ1) is 12.2. The molecule has 0 N–H and O–H groups in total. The predicted octanol–water partition coefficient (Wildman–Crippen LogP) is 5.16. The minimum absolute atomic E-state index is 0.255. The summed E-state index contributed by atoms with van der Waals surface area (Å²) >= 11 is 5.37. The van der Waals surface area contributed by atoms with Gasteiger partial charge in [-0.15, -0.1) is 6.58 Å². The van der Waals surface area contributed by atoms with E-state index in [2.05, 4.69) is 48.1 Å². The largest absolute Gasteiger partial charge is 0.431 e. The van der Waals surface area contributed by atoms with Gasteiger partial charge in [0.2, 0.25) is 0 Å². The molecule has 1 aromatic carbocycles. The van der Waals surface area contributed by atoms with Crippen molar-refractivity contribution < 1.29 is 14.3 Å². The van der Waals surface area contributed by atoms with Gasteiger partial charge in [-0.2, -0.15) is 0 Å². The fraction of sp³-hybridized carbons (Fsp3) is 0.545. The lowest BCUT2D eigenvalue weighted by Crippen LogP contribution is -2.27. The summed E-state index contributed by atoms with van der Waals surface area (Å²) in [5, 5.41) is 0.375. The van der Waals surface area contributed by atoms with Crippen LogP contribution in [0.4, 0.5) is 0 Å². The van der Waals surface area contributed by atoms with Crippen molar-refractivity contribution in [3.63, 3.8) is 0 Å². The maximum absolute atomic E-state index is 11.9. The number of carbonyl (C=O) groups is 1. The lowest BCUT2D eigenvalue weighted by molar-refractivity contribution is -0.132. The standard InChI is InChI=1S/C22H33NO3S/c1-11-12-15-17(26-20(27)23(9)10)13-16(21(3,4)5)19(25-14(2)24)18(15)22(6,7)8/h11,13H,1,12H2,2-10H3. The van der Waals surface area contributed by atoms with Crippen LogP contribution < -0.4 is 9.47 Å². The molecule has 0 spiro atoms. The molecule has 27 heavy (non-hydrogen) atoms. The summed E-state index contributed by atoms with van der Waals surface area (Å²) in [6.45, 7) is 17.9. The highest BCUT2D eigenvalue weighted by Crippen LogP contribution is 2.46. The molecule has 0 amide bonds. The monoisotopic (exact) mass is 391 g/mol. The minimum Gasteiger partial charge on any atom is -0.431 e. The summed E-state index contributed by atoms with van der Waals surface area (Å²) in [6.07, 6.45) is 2.40. The Labute approximate surface area is 169 Å². The lowest BCUT2D eigenvalue weighted by atomic mass is 9.76. The Bertz CT molecular complexity index is 737. The molecule has 0 aromatic heterocycles. The van der Waals surface area contributed by atoms with Crippen LogP contribution in [0.25, 0.3) is 0 Å². The first-order valence-corrected chi connectivity index (χ1v) is 9.50. The summed E-state index contributed by atoms with van der Waals surface area (Å²) in [7, 11) is 3.69. The molecule has 5 heteroatoms. The zero-order valence-corrected chi connectivity index (χ0v) is 19.0. The Morgan fingerprint density at radius 1 is 1.15 bits per heavy atom. The molecular formula is C22H33NO3S. The number of esters is 1. The molecule has 0 atom stereocenters. The number of nitrogens with zero attached hydrogens (tertiary/aromatic N) is 1. The van der Waals surface area contributed by atoms with Gasteiger partial charge in [-0.1, -0.05) is 47.6 Å². The molecule has 0 unspecified atom stereocenters. The molecule has 0 aliphatic rings. The molecule has 0 saturated carbocycles. The Kier molecular flexibility index (Phi) is 7.23. The number of allylic oxidation sites excluding steroid dienone is 1. The number of hydrogen-bond acceptors (Lipinski definition) is 4. The molecule has 0 radical (unpaired) electrons. The molecule has 150 valence electrons. The van der Waals surface area contributed by atoms with Crippen LogP contribution in [0.2, 0.25) is 0 Å². The van der Waals surface area contributed by atoms with Crippen molar-refractivity contribution in [3.05, 3.63) is 35.4 Å². The van der Waals surface area contributed by atoms with Gasteiger partial charge in [0.1, 0.15) is 11.5 Å². The lowest BCUT2D eigenvalue weighted by Gasteiger charge is -2.32. The van der Waals surface area contributed by atoms with Gasteiger partial charge in [0.25, 0.3) is 5.17 Å². The fourth-order valence-corrected chi connectivity index (χ4v) is 2.99. The Hall–Kier alpha value is -1.88. The quantitative estimate of drug-likeness (QED) is 0.307. The van der Waals surface area contributed by atoms with Crippen LogP contribution in [0.1, 0.15) is 65.2 Å². The van der Waals surface area contributed by atoms with Gasteiger partial charge in [-0.3, -0.25) is 4.79 Å². The van der Waals surface area contributed by atoms with Crippen LogP contribution in [0.15, 0.2) is 18.7 Å². The van der Waals surface area contributed by atoms with Crippen LogP contribution >= 0.6 is 12.2 Å². The highest BCUT2D eigenvalue weighted by atomic mass is 32.1. The average Bonchev–Trinajstić information content (AvgIpc) is 2.46. The van der Waals surface area contributed by atoms with Gasteiger partial charge >= 0.3 is 5.97 Å². The summed E-state index contributed by atoms with van der Waals surface area (Å²) in [6, 6.07) is 1.95. The predicted molar refractivity (Wildman–Crippen MR) is 116 cm³/mol. The van der Waals surface area contributed by atoms with Crippen molar-refractivity contribution >= 4 is 23.4 Å². The molecule has 0 heterocycles. The van der Waals surface area contributed by atoms with E-state index in [1.54, 1.807) is 4.90 Å². The van der Waals surface area contributed by atoms with Gasteiger partial charge < -0.3 is 14.4 Å². The van der Waals surface area contributed by atoms with Gasteiger partial charge in [0.05, 0.1) is 0 Å². The third kappa shape index (κ3) is 5.80. The third-order valence-electron chi connectivity index (χ3n) is 4.06. The summed E-state index contributed by atoms with van der Waals surface area (Å²) < 4.78 is 11.8. The zero-order chi connectivity index (χ0) is 21.2. The number of hydrogen-bond donors (Lipinski definition) is 0. The molecule has 1 rings (SSSR count). The van der Waals surface area contributed by atoms with Gasteiger partial charge in [-0.05, 0) is 35.5 Å². The Balaban J connectivity index is 3.97. The van der Waals surface area contributed by atoms with Crippen LogP contribution in [0.3, 0.4) is 0 Å². The smallest absolute Gasteiger partial charge is 0.308 e. The number of thiocarbonyl (C=S) groups is 1. The van der Waals surface area contributed by atoms with E-state index in [4.69, 9.17) is 21.7 Å². The van der Waals surface area contributed by atoms with Crippen molar-refractivity contribution in [3.8, 4) is 11.5 Å². The van der Waals surface area contributed by atoms with Crippen LogP contribution in [0.5, 0.6) is 11.5 Å². The molecule has 0 bridgehead atoms. The van der Waals surface area contributed by atoms with Crippen molar-refractivity contribution in [1.29, 1.82) is 0 Å². The average molecular weight is 392 g/mol. The van der Waals surface area contributed by atoms with Crippen LogP contribution in [-0.4, -0.2) is 30.1 Å². The first-order valence-electron chi connectivity index (χ1n) is 9.09. The van der Waals surface area contributed by atoms with Crippen molar-refractivity contribution in [1.82, 2.24) is 4.90 Å². The maximum Gasteiger partial charge on any atom is 0.308 e. The first kappa shape index (κ1) is 23.2. The maximum atomic E-state index is 11.9. The van der Waals surface area contributed by atoms with Crippen molar-refractivity contribution in [2.45, 2.75) is 65.7 Å². The highest BCUT2D eigenvalue weighted by Gasteiger charge is 2.33. The Morgan fingerprint density at radius 3 is 2.07 bits per heavy atom. The fourth-order valence-electron chi connectivity index (χ4n) is 2.90. The normalized spacial score (nSPS) is 11.7. The van der Waals surface area contributed by atoms with E-state index < -0.39 is 0 Å². The van der Waals surface area contributed by atoms with E-state index in [0.29, 0.717) is 23.1 Å². The molecule has 0 aliphatic carbocycles. The van der Waals surface area contributed by atoms with E-state index in [0.717, 1.165) is 16.7 Å². The summed E-state index contributed by atoms with van der Waals surface area (Å²) in [5.41, 5.74) is 2.26. The van der Waals surface area contributed by atoms with E-state index in [9.17, 15) is 4.79 Å². The molecule has 0 saturated heterocycles. The highest BCUT2D eigenvalue weighted by molar-refractivity contribution is 7.80. The molecule has 4 nitrogen and oxygen atoms in total. The van der Waals surface area contributed by atoms with Gasteiger partial charge in [0, 0.05) is 37.7 Å². The summed E-state index contributed by atoms with van der Waals surface area (Å²) in [4.78, 5) is 13.6. The van der Waals surface area contributed by atoms with E-state index >= 15 is 0 Å². The Morgan fingerprint density at radius 2 is 1.70 bits per heavy atom. The molecule has 0 aliphatic heterocycles. The molecule has 0 fully saturated rings. The van der Waals surface area contributed by atoms with Crippen LogP contribution in [0, 0.1) is 0 Å². The van der Waals surface area contributed by atoms with E-state index in [1.807, 2.05) is 26.2 Å². The van der Waals surface area contributed by atoms with Gasteiger partial charge in [0.15, 0.2) is 0 Å². The second-order valence-corrected chi connectivity index (χ2v) is 9.30. The second-order valence-electron chi connectivity index (χ2n) is 8.95. The molecular weight excluding hydrogens is 358 g/mol. The number of ether oxygens (including phenoxy) is 2. The topological polar surface area (TPSA) is 38.8 Å². The second kappa shape index (κ2) is 8.42. The SMILES string of the molecule is C=CCc1c(OC(=S)N(C)C)cc(C(C)(C)C)c(OC(C)=O)c1C(C)(C)C. The summed E-state index contributed by atoms with van der Waals surface area (Å²) in [5.74, 6) is 0.954. The van der Waals surface area contributed by atoms with E-state index in [1.165, 1.54) is 6.92 Å². The van der Waals surface area contributed by atoms with Crippen LogP contribution in [-0.2, 0) is 22.0 Å². The zero-order valence-electron chi connectivity index (χ0n) is 18.1. The van der Waals surface area contributed by atoms with Gasteiger partial charge in [-0.25, -0.2) is 0 Å². The third-order valence-corrected chi connectivity index (χ3v) is 4.51. The minimum atomic E-state index is -0.340. The van der Waals surface area contributed by atoms with Crippen molar-refractivity contribution in [2.75, 3.05) is 14.1 Å².